The highest BCUT2D eigenvalue weighted by Crippen LogP contribution is 2.20. The van der Waals surface area contributed by atoms with Crippen LogP contribution in [0.15, 0.2) is 47.5 Å². The van der Waals surface area contributed by atoms with Gasteiger partial charge in [-0.05, 0) is 36.2 Å². The Hall–Kier alpha value is -3.11. The van der Waals surface area contributed by atoms with E-state index in [0.717, 1.165) is 10.5 Å². The lowest BCUT2D eigenvalue weighted by Gasteiger charge is -2.13. The maximum Gasteiger partial charge on any atom is 0.280 e. The topological polar surface area (TPSA) is 140 Å². The van der Waals surface area contributed by atoms with E-state index in [0.29, 0.717) is 13.0 Å². The number of benzene rings is 1. The minimum Gasteiger partial charge on any atom is -0.356 e. The highest BCUT2D eigenvalue weighted by molar-refractivity contribution is 7.89. The molecule has 1 aliphatic heterocycles. The lowest BCUT2D eigenvalue weighted by molar-refractivity contribution is -0.121. The summed E-state index contributed by atoms with van der Waals surface area (Å²) in [6, 6.07) is 9.17. The van der Waals surface area contributed by atoms with Gasteiger partial charge < -0.3 is 5.32 Å². The number of aromatic nitrogens is 1. The first-order valence-corrected chi connectivity index (χ1v) is 10.0. The second-order valence-corrected chi connectivity index (χ2v) is 7.76. The molecule has 2 aromatic rings. The summed E-state index contributed by atoms with van der Waals surface area (Å²) in [4.78, 5) is 41.3. The largest absolute Gasteiger partial charge is 0.356 e. The molecule has 1 aromatic carbocycles. The maximum absolute atomic E-state index is 12.2. The van der Waals surface area contributed by atoms with Crippen LogP contribution in [0.3, 0.4) is 0 Å². The molecule has 2 heterocycles. The van der Waals surface area contributed by atoms with E-state index in [1.807, 2.05) is 0 Å². The summed E-state index contributed by atoms with van der Waals surface area (Å²) in [5, 5.41) is 7.74. The van der Waals surface area contributed by atoms with Gasteiger partial charge in [-0.15, -0.1) is 0 Å². The molecule has 0 spiro atoms. The Balaban J connectivity index is 1.46. The van der Waals surface area contributed by atoms with E-state index in [2.05, 4.69) is 10.3 Å². The van der Waals surface area contributed by atoms with Crippen molar-refractivity contribution in [2.45, 2.75) is 17.7 Å². The van der Waals surface area contributed by atoms with Gasteiger partial charge >= 0.3 is 0 Å². The zero-order valence-corrected chi connectivity index (χ0v) is 15.6. The van der Waals surface area contributed by atoms with Gasteiger partial charge in [-0.25, -0.2) is 13.6 Å². The molecule has 0 unspecified atom stereocenters. The number of hydrogen-bond acceptors (Lipinski definition) is 6. The van der Waals surface area contributed by atoms with Crippen molar-refractivity contribution in [3.05, 3.63) is 59.4 Å². The molecule has 0 fully saturated rings. The van der Waals surface area contributed by atoms with Crippen LogP contribution in [0.1, 0.15) is 32.8 Å². The number of primary sulfonamides is 1. The normalized spacial score (nSPS) is 13.5. The van der Waals surface area contributed by atoms with Crippen LogP contribution >= 0.6 is 0 Å². The molecule has 3 N–H and O–H groups in total. The predicted molar refractivity (Wildman–Crippen MR) is 98.7 cm³/mol. The summed E-state index contributed by atoms with van der Waals surface area (Å²) < 4.78 is 22.4. The highest BCUT2D eigenvalue weighted by atomic mass is 32.2. The zero-order chi connectivity index (χ0) is 20.3. The van der Waals surface area contributed by atoms with Crippen molar-refractivity contribution in [2.75, 3.05) is 13.1 Å². The number of nitrogens with one attached hydrogen (secondary N) is 1. The van der Waals surface area contributed by atoms with Crippen molar-refractivity contribution in [1.82, 2.24) is 15.2 Å². The molecule has 0 saturated carbocycles. The van der Waals surface area contributed by atoms with E-state index in [4.69, 9.17) is 5.14 Å². The first kappa shape index (κ1) is 19.6. The SMILES string of the molecule is NS(=O)(=O)c1ccc(CCNC(=O)CCN2C(=O)c3cccnc3C2=O)cc1. The average molecular weight is 402 g/mol. The zero-order valence-electron chi connectivity index (χ0n) is 14.8. The van der Waals surface area contributed by atoms with Crippen LogP contribution in [0.2, 0.25) is 0 Å². The molecule has 3 rings (SSSR count). The second-order valence-electron chi connectivity index (χ2n) is 6.20. The quantitative estimate of drug-likeness (QED) is 0.629. The van der Waals surface area contributed by atoms with E-state index in [1.165, 1.54) is 24.4 Å². The molecule has 9 nitrogen and oxygen atoms in total. The number of amides is 3. The number of fused-ring (bicyclic) bond motifs is 1. The maximum atomic E-state index is 12.2. The van der Waals surface area contributed by atoms with Gasteiger partial charge in [-0.3, -0.25) is 24.3 Å². The average Bonchev–Trinajstić information content (AvgIpc) is 2.91. The number of carbonyl (C=O) groups is 3. The Kier molecular flexibility index (Phi) is 5.52. The lowest BCUT2D eigenvalue weighted by Crippen LogP contribution is -2.35. The van der Waals surface area contributed by atoms with Gasteiger partial charge in [-0.1, -0.05) is 12.1 Å². The van der Waals surface area contributed by atoms with Gasteiger partial charge in [0.15, 0.2) is 0 Å². The molecule has 0 aliphatic carbocycles. The van der Waals surface area contributed by atoms with Crippen molar-refractivity contribution >= 4 is 27.7 Å². The fraction of sp³-hybridized carbons (Fsp3) is 0.222. The molecule has 0 atom stereocenters. The Morgan fingerprint density at radius 3 is 2.46 bits per heavy atom. The standard InChI is InChI=1S/C18H18N4O5S/c19-28(26,27)13-5-3-12(4-6-13)7-10-20-15(23)8-11-22-17(24)14-2-1-9-21-16(14)18(22)25/h1-6,9H,7-8,10-11H2,(H,20,23)(H2,19,26,27). The van der Waals surface area contributed by atoms with Gasteiger partial charge in [-0.2, -0.15) is 0 Å². The molecular weight excluding hydrogens is 384 g/mol. The monoisotopic (exact) mass is 402 g/mol. The van der Waals surface area contributed by atoms with E-state index >= 15 is 0 Å². The van der Waals surface area contributed by atoms with Crippen LogP contribution in [0.5, 0.6) is 0 Å². The molecule has 0 radical (unpaired) electrons. The van der Waals surface area contributed by atoms with Crippen LogP contribution in [-0.2, 0) is 21.2 Å². The molecule has 0 bridgehead atoms. The van der Waals surface area contributed by atoms with Crippen molar-refractivity contribution in [3.8, 4) is 0 Å². The number of rotatable bonds is 7. The van der Waals surface area contributed by atoms with Crippen molar-refractivity contribution in [1.29, 1.82) is 0 Å². The number of carbonyl (C=O) groups excluding carboxylic acids is 3. The molecule has 1 aromatic heterocycles. The van der Waals surface area contributed by atoms with E-state index < -0.39 is 21.8 Å². The fourth-order valence-electron chi connectivity index (χ4n) is 2.81. The number of nitrogens with zero attached hydrogens (tertiary/aromatic N) is 2. The summed E-state index contributed by atoms with van der Waals surface area (Å²) in [5.74, 6) is -1.25. The van der Waals surface area contributed by atoms with E-state index in [1.54, 1.807) is 18.2 Å². The first-order chi connectivity index (χ1) is 13.3. The summed E-state index contributed by atoms with van der Waals surface area (Å²) in [7, 11) is -3.73. The molecule has 1 aliphatic rings. The minimum atomic E-state index is -3.73. The van der Waals surface area contributed by atoms with Crippen molar-refractivity contribution < 1.29 is 22.8 Å². The highest BCUT2D eigenvalue weighted by Gasteiger charge is 2.36. The van der Waals surface area contributed by atoms with Crippen LogP contribution in [-0.4, -0.2) is 49.1 Å². The molecule has 10 heteroatoms. The number of sulfonamides is 1. The fourth-order valence-corrected chi connectivity index (χ4v) is 3.33. The van der Waals surface area contributed by atoms with Gasteiger partial charge in [0.05, 0.1) is 10.5 Å². The van der Waals surface area contributed by atoms with Gasteiger partial charge in [0.1, 0.15) is 5.69 Å². The Morgan fingerprint density at radius 1 is 1.11 bits per heavy atom. The van der Waals surface area contributed by atoms with E-state index in [-0.39, 0.29) is 35.0 Å². The van der Waals surface area contributed by atoms with Gasteiger partial charge in [0, 0.05) is 25.7 Å². The number of pyridine rings is 1. The molecule has 28 heavy (non-hydrogen) atoms. The van der Waals surface area contributed by atoms with Crippen LogP contribution in [0, 0.1) is 0 Å². The number of nitrogens with two attached hydrogens (primary N) is 1. The van der Waals surface area contributed by atoms with Crippen LogP contribution in [0.25, 0.3) is 0 Å². The molecule has 146 valence electrons. The lowest BCUT2D eigenvalue weighted by atomic mass is 10.1. The number of hydrogen-bond donors (Lipinski definition) is 2. The second kappa shape index (κ2) is 7.87. The minimum absolute atomic E-state index is 0.0180. The molecule has 3 amide bonds. The van der Waals surface area contributed by atoms with Crippen molar-refractivity contribution in [3.63, 3.8) is 0 Å². The third-order valence-corrected chi connectivity index (χ3v) is 5.21. The van der Waals surface area contributed by atoms with Crippen LogP contribution < -0.4 is 10.5 Å². The van der Waals surface area contributed by atoms with E-state index in [9.17, 15) is 22.8 Å². The third kappa shape index (κ3) is 4.24. The summed E-state index contributed by atoms with van der Waals surface area (Å²) in [5.41, 5.74) is 1.19. The smallest absolute Gasteiger partial charge is 0.280 e. The summed E-state index contributed by atoms with van der Waals surface area (Å²) in [6.45, 7) is 0.306. The summed E-state index contributed by atoms with van der Waals surface area (Å²) >= 11 is 0. The predicted octanol–water partition coefficient (Wildman–Crippen LogP) is 0.0740. The third-order valence-electron chi connectivity index (χ3n) is 4.28. The van der Waals surface area contributed by atoms with Gasteiger partial charge in [0.25, 0.3) is 11.8 Å². The Morgan fingerprint density at radius 2 is 1.82 bits per heavy atom. The Bertz CT molecular complexity index is 999. The van der Waals surface area contributed by atoms with Crippen LogP contribution in [0.4, 0.5) is 0 Å². The molecular formula is C18H18N4O5S. The van der Waals surface area contributed by atoms with Crippen molar-refractivity contribution in [2.24, 2.45) is 5.14 Å². The van der Waals surface area contributed by atoms with Gasteiger partial charge in [0.2, 0.25) is 15.9 Å². The Labute approximate surface area is 161 Å². The first-order valence-electron chi connectivity index (χ1n) is 8.47. The molecule has 0 saturated heterocycles. The number of imide groups is 1. The summed E-state index contributed by atoms with van der Waals surface area (Å²) in [6.07, 6.45) is 1.92.